The molecule has 1 aromatic rings. The van der Waals surface area contributed by atoms with Gasteiger partial charge in [0.15, 0.2) is 0 Å². The minimum absolute atomic E-state index is 0.0745. The molecule has 1 aliphatic carbocycles. The molecule has 7 heteroatoms. The second-order valence-electron chi connectivity index (χ2n) is 8.21. The van der Waals surface area contributed by atoms with Crippen LogP contribution >= 0.6 is 0 Å². The van der Waals surface area contributed by atoms with Crippen LogP contribution in [0, 0.1) is 12.8 Å². The molecule has 2 aliphatic rings. The van der Waals surface area contributed by atoms with E-state index in [1.807, 2.05) is 24.0 Å². The number of rotatable bonds is 6. The number of benzene rings is 1. The molecule has 28 heavy (non-hydrogen) atoms. The highest BCUT2D eigenvalue weighted by atomic mass is 32.2. The molecule has 1 heterocycles. The highest BCUT2D eigenvalue weighted by molar-refractivity contribution is 7.89. The Bertz CT molecular complexity index is 735. The van der Waals surface area contributed by atoms with Gasteiger partial charge < -0.3 is 10.2 Å². The van der Waals surface area contributed by atoms with E-state index in [2.05, 4.69) is 10.0 Å². The number of hydrogen-bond donors (Lipinski definition) is 2. The number of amides is 2. The SMILES string of the molecule is Cc1ccc(S(=O)(=O)NCCC2CCN(C(=O)NC3CCCCC3)CC2)cc1. The maximum Gasteiger partial charge on any atom is 0.317 e. The van der Waals surface area contributed by atoms with Crippen LogP contribution in [0.3, 0.4) is 0 Å². The fraction of sp³-hybridized carbons (Fsp3) is 0.667. The lowest BCUT2D eigenvalue weighted by Gasteiger charge is -2.34. The number of likely N-dealkylation sites (tertiary alicyclic amines) is 1. The van der Waals surface area contributed by atoms with Crippen LogP contribution in [0.4, 0.5) is 4.79 Å². The average Bonchev–Trinajstić information content (AvgIpc) is 2.69. The van der Waals surface area contributed by atoms with Gasteiger partial charge in [0.1, 0.15) is 0 Å². The maximum absolute atomic E-state index is 12.4. The molecule has 0 atom stereocenters. The molecule has 0 radical (unpaired) electrons. The smallest absolute Gasteiger partial charge is 0.317 e. The highest BCUT2D eigenvalue weighted by Crippen LogP contribution is 2.22. The molecule has 1 saturated carbocycles. The van der Waals surface area contributed by atoms with E-state index >= 15 is 0 Å². The number of sulfonamides is 1. The number of aryl methyl sites for hydroxylation is 1. The minimum Gasteiger partial charge on any atom is -0.335 e. The molecule has 2 fully saturated rings. The third kappa shape index (κ3) is 5.95. The summed E-state index contributed by atoms with van der Waals surface area (Å²) in [6.07, 6.45) is 8.59. The second kappa shape index (κ2) is 9.74. The Balaban J connectivity index is 1.37. The van der Waals surface area contributed by atoms with Crippen LogP contribution in [0.2, 0.25) is 0 Å². The molecule has 0 unspecified atom stereocenters. The van der Waals surface area contributed by atoms with E-state index in [1.165, 1.54) is 19.3 Å². The molecule has 1 saturated heterocycles. The average molecular weight is 408 g/mol. The third-order valence-electron chi connectivity index (χ3n) is 6.01. The summed E-state index contributed by atoms with van der Waals surface area (Å²) in [5.74, 6) is 0.458. The Morgan fingerprint density at radius 3 is 2.32 bits per heavy atom. The second-order valence-corrected chi connectivity index (χ2v) is 9.98. The Hall–Kier alpha value is -1.60. The summed E-state index contributed by atoms with van der Waals surface area (Å²) >= 11 is 0. The van der Waals surface area contributed by atoms with Gasteiger partial charge in [0.25, 0.3) is 0 Å². The molecular formula is C21H33N3O3S. The summed E-state index contributed by atoms with van der Waals surface area (Å²) in [5, 5.41) is 3.18. The van der Waals surface area contributed by atoms with Gasteiger partial charge in [-0.15, -0.1) is 0 Å². The van der Waals surface area contributed by atoms with Gasteiger partial charge in [-0.2, -0.15) is 0 Å². The van der Waals surface area contributed by atoms with Crippen LogP contribution in [0.1, 0.15) is 56.9 Å². The third-order valence-corrected chi connectivity index (χ3v) is 7.49. The molecule has 2 amide bonds. The van der Waals surface area contributed by atoms with E-state index in [1.54, 1.807) is 12.1 Å². The largest absolute Gasteiger partial charge is 0.335 e. The molecule has 0 bridgehead atoms. The van der Waals surface area contributed by atoms with Crippen molar-refractivity contribution in [3.05, 3.63) is 29.8 Å². The molecule has 0 aromatic heterocycles. The summed E-state index contributed by atoms with van der Waals surface area (Å²) < 4.78 is 27.4. The van der Waals surface area contributed by atoms with E-state index in [0.717, 1.165) is 50.8 Å². The van der Waals surface area contributed by atoms with Crippen molar-refractivity contribution in [3.8, 4) is 0 Å². The fourth-order valence-electron chi connectivity index (χ4n) is 4.14. The Morgan fingerprint density at radius 1 is 1.04 bits per heavy atom. The predicted octanol–water partition coefficient (Wildman–Crippen LogP) is 3.42. The van der Waals surface area contributed by atoms with Crippen LogP contribution in [0.15, 0.2) is 29.2 Å². The maximum atomic E-state index is 12.4. The van der Waals surface area contributed by atoms with Crippen LogP contribution in [-0.4, -0.2) is 45.0 Å². The Morgan fingerprint density at radius 2 is 1.68 bits per heavy atom. The molecular weight excluding hydrogens is 374 g/mol. The van der Waals surface area contributed by atoms with Crippen molar-refractivity contribution in [1.29, 1.82) is 0 Å². The number of piperidine rings is 1. The lowest BCUT2D eigenvalue weighted by Crippen LogP contribution is -2.48. The summed E-state index contributed by atoms with van der Waals surface area (Å²) in [5.41, 5.74) is 1.04. The molecule has 156 valence electrons. The zero-order chi connectivity index (χ0) is 20.0. The van der Waals surface area contributed by atoms with Crippen molar-refractivity contribution in [1.82, 2.24) is 14.9 Å². The molecule has 0 spiro atoms. The molecule has 6 nitrogen and oxygen atoms in total. The summed E-state index contributed by atoms with van der Waals surface area (Å²) in [4.78, 5) is 14.7. The number of carbonyl (C=O) groups is 1. The predicted molar refractivity (Wildman–Crippen MR) is 111 cm³/mol. The number of hydrogen-bond acceptors (Lipinski definition) is 3. The minimum atomic E-state index is -3.44. The van der Waals surface area contributed by atoms with E-state index < -0.39 is 10.0 Å². The first-order valence-electron chi connectivity index (χ1n) is 10.6. The van der Waals surface area contributed by atoms with E-state index in [0.29, 0.717) is 23.4 Å². The van der Waals surface area contributed by atoms with Crippen molar-refractivity contribution < 1.29 is 13.2 Å². The van der Waals surface area contributed by atoms with Crippen molar-refractivity contribution in [2.75, 3.05) is 19.6 Å². The zero-order valence-electron chi connectivity index (χ0n) is 16.8. The van der Waals surface area contributed by atoms with Gasteiger partial charge in [-0.1, -0.05) is 37.0 Å². The summed E-state index contributed by atoms with van der Waals surface area (Å²) in [6.45, 7) is 3.89. The number of carbonyl (C=O) groups excluding carboxylic acids is 1. The van der Waals surface area contributed by atoms with Gasteiger partial charge in [-0.3, -0.25) is 0 Å². The summed E-state index contributed by atoms with van der Waals surface area (Å²) in [6, 6.07) is 7.31. The lowest BCUT2D eigenvalue weighted by molar-refractivity contribution is 0.162. The van der Waals surface area contributed by atoms with Gasteiger partial charge in [0.2, 0.25) is 10.0 Å². The van der Waals surface area contributed by atoms with Crippen molar-refractivity contribution in [2.45, 2.75) is 69.2 Å². The van der Waals surface area contributed by atoms with Crippen LogP contribution in [0.5, 0.6) is 0 Å². The van der Waals surface area contributed by atoms with Gasteiger partial charge in [-0.05, 0) is 57.1 Å². The van der Waals surface area contributed by atoms with E-state index in [9.17, 15) is 13.2 Å². The monoisotopic (exact) mass is 407 g/mol. The van der Waals surface area contributed by atoms with Crippen molar-refractivity contribution in [2.24, 2.45) is 5.92 Å². The first kappa shape index (κ1) is 21.1. The fourth-order valence-corrected chi connectivity index (χ4v) is 5.18. The van der Waals surface area contributed by atoms with Crippen molar-refractivity contribution >= 4 is 16.1 Å². The lowest BCUT2D eigenvalue weighted by atomic mass is 9.93. The van der Waals surface area contributed by atoms with Crippen LogP contribution < -0.4 is 10.0 Å². The molecule has 3 rings (SSSR count). The van der Waals surface area contributed by atoms with Gasteiger partial charge in [-0.25, -0.2) is 17.9 Å². The number of nitrogens with one attached hydrogen (secondary N) is 2. The van der Waals surface area contributed by atoms with E-state index in [4.69, 9.17) is 0 Å². The first-order chi connectivity index (χ1) is 13.4. The molecule has 1 aliphatic heterocycles. The quantitative estimate of drug-likeness (QED) is 0.758. The van der Waals surface area contributed by atoms with Gasteiger partial charge >= 0.3 is 6.03 Å². The van der Waals surface area contributed by atoms with Crippen LogP contribution in [-0.2, 0) is 10.0 Å². The zero-order valence-corrected chi connectivity index (χ0v) is 17.6. The number of urea groups is 1. The topological polar surface area (TPSA) is 78.5 Å². The Kier molecular flexibility index (Phi) is 7.35. The first-order valence-corrected chi connectivity index (χ1v) is 12.0. The Labute approximate surface area is 169 Å². The van der Waals surface area contributed by atoms with Crippen LogP contribution in [0.25, 0.3) is 0 Å². The summed E-state index contributed by atoms with van der Waals surface area (Å²) in [7, 11) is -3.44. The molecule has 2 N–H and O–H groups in total. The normalized spacial score (nSPS) is 19.5. The molecule has 1 aromatic carbocycles. The van der Waals surface area contributed by atoms with E-state index in [-0.39, 0.29) is 6.03 Å². The highest BCUT2D eigenvalue weighted by Gasteiger charge is 2.25. The van der Waals surface area contributed by atoms with Crippen molar-refractivity contribution in [3.63, 3.8) is 0 Å². The van der Waals surface area contributed by atoms with Gasteiger partial charge in [0.05, 0.1) is 4.90 Å². The van der Waals surface area contributed by atoms with Gasteiger partial charge in [0, 0.05) is 25.7 Å². The standard InChI is InChI=1S/C21H33N3O3S/c1-17-7-9-20(10-8-17)28(26,27)22-14-11-18-12-15-24(16-13-18)21(25)23-19-5-3-2-4-6-19/h7-10,18-19,22H,2-6,11-16H2,1H3,(H,23,25). The number of nitrogens with zero attached hydrogens (tertiary/aromatic N) is 1.